The number of Topliss-reactive ketones (excluding diaryl/α,β-unsaturated/α-hetero) is 1. The first-order valence-corrected chi connectivity index (χ1v) is 7.57. The van der Waals surface area contributed by atoms with Crippen molar-refractivity contribution in [2.75, 3.05) is 7.11 Å². The largest absolute Gasteiger partial charge is 0.497 e. The minimum atomic E-state index is -0.403. The molecule has 0 radical (unpaired) electrons. The molecule has 3 rings (SSSR count). The summed E-state index contributed by atoms with van der Waals surface area (Å²) in [6.07, 6.45) is 3.45. The molecule has 1 aromatic carbocycles. The number of rotatable bonds is 1. The maximum Gasteiger partial charge on any atom is 0.163 e. The Morgan fingerprint density at radius 1 is 1.33 bits per heavy atom. The fourth-order valence-corrected chi connectivity index (χ4v) is 4.46. The maximum absolute atomic E-state index is 12.6. The van der Waals surface area contributed by atoms with E-state index < -0.39 is 5.41 Å². The van der Waals surface area contributed by atoms with Crippen molar-refractivity contribution in [1.29, 1.82) is 5.26 Å². The Bertz CT molecular complexity index is 645. The molecular formula is C18H21NO2. The highest BCUT2D eigenvalue weighted by molar-refractivity contribution is 6.00. The molecule has 0 unspecified atom stereocenters. The van der Waals surface area contributed by atoms with Crippen LogP contribution < -0.4 is 4.74 Å². The molecule has 1 aromatic rings. The van der Waals surface area contributed by atoms with Crippen LogP contribution in [-0.4, -0.2) is 12.9 Å². The van der Waals surface area contributed by atoms with Gasteiger partial charge in [0.05, 0.1) is 18.6 Å². The number of fused-ring (bicyclic) bond motifs is 3. The zero-order valence-electron chi connectivity index (χ0n) is 12.9. The van der Waals surface area contributed by atoms with E-state index in [0.717, 1.165) is 36.1 Å². The predicted octanol–water partition coefficient (Wildman–Crippen LogP) is 3.87. The van der Waals surface area contributed by atoms with Crippen molar-refractivity contribution >= 4 is 5.78 Å². The molecule has 2 aliphatic rings. The zero-order chi connectivity index (χ0) is 15.3. The summed E-state index contributed by atoms with van der Waals surface area (Å²) in [5, 5.41) is 9.64. The molecule has 3 nitrogen and oxygen atoms in total. The van der Waals surface area contributed by atoms with E-state index in [1.165, 1.54) is 0 Å². The van der Waals surface area contributed by atoms with Gasteiger partial charge in [-0.15, -0.1) is 0 Å². The van der Waals surface area contributed by atoms with Gasteiger partial charge >= 0.3 is 0 Å². The number of ketones is 1. The first-order chi connectivity index (χ1) is 9.94. The second kappa shape index (κ2) is 4.59. The quantitative estimate of drug-likeness (QED) is 0.786. The van der Waals surface area contributed by atoms with Gasteiger partial charge in [0.15, 0.2) is 5.78 Å². The molecule has 0 heterocycles. The van der Waals surface area contributed by atoms with E-state index in [0.29, 0.717) is 6.42 Å². The Hall–Kier alpha value is -1.82. The molecule has 0 N–H and O–H groups in total. The highest BCUT2D eigenvalue weighted by atomic mass is 16.5. The van der Waals surface area contributed by atoms with Gasteiger partial charge in [-0.2, -0.15) is 5.26 Å². The van der Waals surface area contributed by atoms with Crippen molar-refractivity contribution in [1.82, 2.24) is 0 Å². The van der Waals surface area contributed by atoms with Crippen LogP contribution in [0.4, 0.5) is 0 Å². The Labute approximate surface area is 125 Å². The van der Waals surface area contributed by atoms with Gasteiger partial charge in [0.2, 0.25) is 0 Å². The number of methoxy groups -OCH3 is 1. The van der Waals surface area contributed by atoms with E-state index in [9.17, 15) is 10.1 Å². The highest BCUT2D eigenvalue weighted by Crippen LogP contribution is 2.57. The van der Waals surface area contributed by atoms with E-state index in [1.54, 1.807) is 7.11 Å². The molecule has 110 valence electrons. The smallest absolute Gasteiger partial charge is 0.163 e. The lowest BCUT2D eigenvalue weighted by molar-refractivity contribution is 0.0555. The fourth-order valence-electron chi connectivity index (χ4n) is 4.46. The standard InChI is InChI=1S/C18H21NO2/c1-17(11-19)7-4-8-18(2)14-6-5-12(21-3)9-13(14)15(20)10-16(17)18/h5-6,9,16H,4,7-8,10H2,1-3H3/t16-,17-,18+/m1/s1. The van der Waals surface area contributed by atoms with Crippen LogP contribution in [0.25, 0.3) is 0 Å². The molecule has 0 amide bonds. The van der Waals surface area contributed by atoms with E-state index in [2.05, 4.69) is 13.0 Å². The summed E-state index contributed by atoms with van der Waals surface area (Å²) in [5.41, 5.74) is 1.40. The van der Waals surface area contributed by atoms with Gasteiger partial charge in [-0.3, -0.25) is 4.79 Å². The van der Waals surface area contributed by atoms with E-state index in [4.69, 9.17) is 4.74 Å². The predicted molar refractivity (Wildman–Crippen MR) is 80.4 cm³/mol. The third-order valence-corrected chi connectivity index (χ3v) is 5.72. The van der Waals surface area contributed by atoms with Crippen molar-refractivity contribution in [3.05, 3.63) is 29.3 Å². The second-order valence-electron chi connectivity index (χ2n) is 6.89. The average Bonchev–Trinajstić information content (AvgIpc) is 2.49. The maximum atomic E-state index is 12.6. The zero-order valence-corrected chi connectivity index (χ0v) is 12.9. The van der Waals surface area contributed by atoms with Gasteiger partial charge < -0.3 is 4.74 Å². The Kier molecular flexibility index (Phi) is 3.09. The number of nitriles is 1. The Morgan fingerprint density at radius 2 is 2.10 bits per heavy atom. The molecular weight excluding hydrogens is 262 g/mol. The van der Waals surface area contributed by atoms with Gasteiger partial charge in [0, 0.05) is 12.0 Å². The molecule has 0 saturated heterocycles. The van der Waals surface area contributed by atoms with Crippen LogP contribution in [0.3, 0.4) is 0 Å². The number of hydrogen-bond donors (Lipinski definition) is 0. The van der Waals surface area contributed by atoms with Crippen LogP contribution in [0.5, 0.6) is 5.75 Å². The van der Waals surface area contributed by atoms with Crippen LogP contribution in [0.15, 0.2) is 18.2 Å². The molecule has 0 spiro atoms. The number of nitrogens with zero attached hydrogens (tertiary/aromatic N) is 1. The highest BCUT2D eigenvalue weighted by Gasteiger charge is 2.54. The molecule has 21 heavy (non-hydrogen) atoms. The Balaban J connectivity index is 2.17. The van der Waals surface area contributed by atoms with Crippen molar-refractivity contribution < 1.29 is 9.53 Å². The third kappa shape index (κ3) is 1.89. The lowest BCUT2D eigenvalue weighted by Crippen LogP contribution is -2.49. The first kappa shape index (κ1) is 14.1. The molecule has 3 heteroatoms. The minimum absolute atomic E-state index is 0.0851. The number of hydrogen-bond acceptors (Lipinski definition) is 3. The summed E-state index contributed by atoms with van der Waals surface area (Å²) >= 11 is 0. The summed E-state index contributed by atoms with van der Waals surface area (Å²) in [4.78, 5) is 12.6. The van der Waals surface area contributed by atoms with Crippen LogP contribution in [0.1, 0.15) is 55.5 Å². The van der Waals surface area contributed by atoms with E-state index in [1.807, 2.05) is 25.1 Å². The average molecular weight is 283 g/mol. The number of carbonyl (C=O) groups excluding carboxylic acids is 1. The second-order valence-corrected chi connectivity index (χ2v) is 6.89. The van der Waals surface area contributed by atoms with Crippen LogP contribution in [0, 0.1) is 22.7 Å². The summed E-state index contributed by atoms with van der Waals surface area (Å²) < 4.78 is 5.26. The van der Waals surface area contributed by atoms with Crippen LogP contribution in [0.2, 0.25) is 0 Å². The number of carbonyl (C=O) groups is 1. The molecule has 0 aromatic heterocycles. The lowest BCUT2D eigenvalue weighted by atomic mass is 9.50. The topological polar surface area (TPSA) is 50.1 Å². The van der Waals surface area contributed by atoms with E-state index >= 15 is 0 Å². The minimum Gasteiger partial charge on any atom is -0.497 e. The van der Waals surface area contributed by atoms with Gasteiger partial charge in [0.25, 0.3) is 0 Å². The molecule has 3 atom stereocenters. The van der Waals surface area contributed by atoms with Crippen LogP contribution in [-0.2, 0) is 5.41 Å². The van der Waals surface area contributed by atoms with Crippen molar-refractivity contribution in [3.63, 3.8) is 0 Å². The van der Waals surface area contributed by atoms with Gasteiger partial charge in [-0.25, -0.2) is 0 Å². The molecule has 0 aliphatic heterocycles. The summed E-state index contributed by atoms with van der Waals surface area (Å²) in [5.74, 6) is 0.981. The monoisotopic (exact) mass is 283 g/mol. The summed E-state index contributed by atoms with van der Waals surface area (Å²) in [6, 6.07) is 8.32. The fraction of sp³-hybridized carbons (Fsp3) is 0.556. The molecule has 1 fully saturated rings. The summed E-state index contributed by atoms with van der Waals surface area (Å²) in [6.45, 7) is 4.25. The first-order valence-electron chi connectivity index (χ1n) is 7.57. The molecule has 2 aliphatic carbocycles. The summed E-state index contributed by atoms with van der Waals surface area (Å²) in [7, 11) is 1.62. The van der Waals surface area contributed by atoms with Crippen molar-refractivity contribution in [3.8, 4) is 11.8 Å². The van der Waals surface area contributed by atoms with Gasteiger partial charge in [-0.05, 0) is 48.8 Å². The lowest BCUT2D eigenvalue weighted by Gasteiger charge is -2.52. The SMILES string of the molecule is COc1ccc2c(c1)C(=O)C[C@@H]1[C@@](C)(C#N)CCC[C@@]21C. The van der Waals surface area contributed by atoms with Crippen LogP contribution >= 0.6 is 0 Å². The number of benzene rings is 1. The third-order valence-electron chi connectivity index (χ3n) is 5.72. The van der Waals surface area contributed by atoms with Gasteiger partial charge in [0.1, 0.15) is 5.75 Å². The van der Waals surface area contributed by atoms with Crippen molar-refractivity contribution in [2.24, 2.45) is 11.3 Å². The molecule has 1 saturated carbocycles. The molecule has 0 bridgehead atoms. The normalized spacial score (nSPS) is 34.6. The van der Waals surface area contributed by atoms with Crippen molar-refractivity contribution in [2.45, 2.75) is 44.9 Å². The van der Waals surface area contributed by atoms with Gasteiger partial charge in [-0.1, -0.05) is 19.4 Å². The number of ether oxygens (including phenoxy) is 1. The Morgan fingerprint density at radius 3 is 2.76 bits per heavy atom. The van der Waals surface area contributed by atoms with E-state index in [-0.39, 0.29) is 17.1 Å².